The zero-order valence-electron chi connectivity index (χ0n) is 11.3. The molecule has 0 saturated carbocycles. The fraction of sp³-hybridized carbons (Fsp3) is 0.133. The second-order valence-electron chi connectivity index (χ2n) is 4.53. The van der Waals surface area contributed by atoms with E-state index in [-0.39, 0.29) is 23.7 Å². The van der Waals surface area contributed by atoms with Crippen molar-refractivity contribution in [3.05, 3.63) is 59.0 Å². The van der Waals surface area contributed by atoms with Crippen LogP contribution in [0.25, 0.3) is 0 Å². The van der Waals surface area contributed by atoms with Gasteiger partial charge in [0, 0.05) is 6.20 Å². The number of aromatic carboxylic acids is 1. The van der Waals surface area contributed by atoms with Crippen LogP contribution in [-0.4, -0.2) is 22.0 Å². The number of nitrogens with zero attached hydrogens (tertiary/aromatic N) is 1. The maximum atomic E-state index is 13.1. The molecule has 2 aromatic rings. The Morgan fingerprint density at radius 3 is 2.67 bits per heavy atom. The Bertz CT molecular complexity index is 684. The van der Waals surface area contributed by atoms with Crippen LogP contribution in [0.4, 0.5) is 10.2 Å². The Kier molecular flexibility index (Phi) is 4.27. The largest absolute Gasteiger partial charge is 0.478 e. The minimum Gasteiger partial charge on any atom is -0.478 e. The van der Waals surface area contributed by atoms with Crippen LogP contribution in [0.15, 0.2) is 36.5 Å². The van der Waals surface area contributed by atoms with Crippen molar-refractivity contribution in [3.63, 3.8) is 0 Å². The van der Waals surface area contributed by atoms with Crippen molar-refractivity contribution in [2.75, 3.05) is 5.32 Å². The van der Waals surface area contributed by atoms with Gasteiger partial charge in [0.15, 0.2) is 0 Å². The number of benzene rings is 1. The quantitative estimate of drug-likeness (QED) is 0.905. The summed E-state index contributed by atoms with van der Waals surface area (Å²) < 4.78 is 13.1. The average Bonchev–Trinajstić information content (AvgIpc) is 2.43. The number of halogens is 1. The van der Waals surface area contributed by atoms with Crippen molar-refractivity contribution >= 4 is 17.7 Å². The third-order valence-corrected chi connectivity index (χ3v) is 2.94. The normalized spacial score (nSPS) is 10.2. The Balaban J connectivity index is 2.04. The van der Waals surface area contributed by atoms with Crippen LogP contribution in [-0.2, 0) is 11.2 Å². The maximum absolute atomic E-state index is 13.1. The molecule has 0 spiro atoms. The first-order valence-corrected chi connectivity index (χ1v) is 6.20. The van der Waals surface area contributed by atoms with E-state index in [4.69, 9.17) is 5.11 Å². The zero-order chi connectivity index (χ0) is 15.4. The van der Waals surface area contributed by atoms with Crippen LogP contribution in [0.3, 0.4) is 0 Å². The lowest BCUT2D eigenvalue weighted by Gasteiger charge is -2.07. The molecule has 0 aliphatic heterocycles. The third kappa shape index (κ3) is 3.85. The van der Waals surface area contributed by atoms with E-state index in [1.165, 1.54) is 24.3 Å². The van der Waals surface area contributed by atoms with Crippen molar-refractivity contribution < 1.29 is 19.1 Å². The third-order valence-electron chi connectivity index (χ3n) is 2.94. The highest BCUT2D eigenvalue weighted by atomic mass is 19.1. The van der Waals surface area contributed by atoms with E-state index in [2.05, 4.69) is 10.3 Å². The highest BCUT2D eigenvalue weighted by molar-refractivity contribution is 5.92. The van der Waals surface area contributed by atoms with E-state index in [1.807, 2.05) is 0 Å². The molecule has 1 aromatic heterocycles. The molecule has 2 N–H and O–H groups in total. The molecule has 1 heterocycles. The van der Waals surface area contributed by atoms with Gasteiger partial charge in [-0.3, -0.25) is 4.79 Å². The minimum absolute atomic E-state index is 0.0198. The number of anilines is 1. The summed E-state index contributed by atoms with van der Waals surface area (Å²) >= 11 is 0. The lowest BCUT2D eigenvalue weighted by molar-refractivity contribution is -0.115. The summed E-state index contributed by atoms with van der Waals surface area (Å²) in [7, 11) is 0. The topological polar surface area (TPSA) is 79.3 Å². The predicted octanol–water partition coefficient (Wildman–Crippen LogP) is 2.41. The van der Waals surface area contributed by atoms with Gasteiger partial charge in [0.2, 0.25) is 5.91 Å². The summed E-state index contributed by atoms with van der Waals surface area (Å²) in [6.45, 7) is 1.79. The molecule has 0 atom stereocenters. The summed E-state index contributed by atoms with van der Waals surface area (Å²) in [5.41, 5.74) is 1.45. The first-order chi connectivity index (χ1) is 9.95. The Hall–Kier alpha value is -2.76. The number of amides is 1. The number of carbonyl (C=O) groups is 2. The number of hydrogen-bond donors (Lipinski definition) is 2. The number of carboxylic acid groups (broad SMARTS) is 1. The van der Waals surface area contributed by atoms with Crippen molar-refractivity contribution in [2.24, 2.45) is 0 Å². The molecule has 0 radical (unpaired) electrons. The standard InChI is InChI=1S/C15H13FN2O3/c1-9-2-4-12(16)6-11(9)7-14(19)18-13-5-3-10(8-17-13)15(20)21/h2-6,8H,7H2,1H3,(H,20,21)(H,17,18,19). The van der Waals surface area contributed by atoms with E-state index in [9.17, 15) is 14.0 Å². The summed E-state index contributed by atoms with van der Waals surface area (Å²) in [4.78, 5) is 26.4. The van der Waals surface area contributed by atoms with Gasteiger partial charge in [0.1, 0.15) is 11.6 Å². The molecule has 0 saturated heterocycles. The van der Waals surface area contributed by atoms with E-state index in [0.717, 1.165) is 11.8 Å². The second-order valence-corrected chi connectivity index (χ2v) is 4.53. The lowest BCUT2D eigenvalue weighted by atomic mass is 10.1. The molecule has 0 bridgehead atoms. The molecule has 5 nitrogen and oxygen atoms in total. The lowest BCUT2D eigenvalue weighted by Crippen LogP contribution is -2.16. The Morgan fingerprint density at radius 1 is 1.29 bits per heavy atom. The smallest absolute Gasteiger partial charge is 0.337 e. The first-order valence-electron chi connectivity index (χ1n) is 6.20. The van der Waals surface area contributed by atoms with Gasteiger partial charge in [-0.2, -0.15) is 0 Å². The van der Waals surface area contributed by atoms with Crippen LogP contribution < -0.4 is 5.32 Å². The van der Waals surface area contributed by atoms with Gasteiger partial charge in [-0.05, 0) is 42.3 Å². The molecule has 0 unspecified atom stereocenters. The molecule has 0 aliphatic carbocycles. The molecule has 1 amide bonds. The van der Waals surface area contributed by atoms with Crippen LogP contribution in [0.1, 0.15) is 21.5 Å². The van der Waals surface area contributed by atoms with Gasteiger partial charge in [0.05, 0.1) is 12.0 Å². The fourth-order valence-corrected chi connectivity index (χ4v) is 1.78. The molecule has 1 aromatic carbocycles. The molecule has 0 aliphatic rings. The highest BCUT2D eigenvalue weighted by Gasteiger charge is 2.09. The fourth-order valence-electron chi connectivity index (χ4n) is 1.78. The van der Waals surface area contributed by atoms with Gasteiger partial charge < -0.3 is 10.4 Å². The predicted molar refractivity (Wildman–Crippen MR) is 74.7 cm³/mol. The zero-order valence-corrected chi connectivity index (χ0v) is 11.3. The van der Waals surface area contributed by atoms with Gasteiger partial charge in [-0.15, -0.1) is 0 Å². The number of hydrogen-bond acceptors (Lipinski definition) is 3. The monoisotopic (exact) mass is 288 g/mol. The summed E-state index contributed by atoms with van der Waals surface area (Å²) in [6.07, 6.45) is 1.18. The molecule has 21 heavy (non-hydrogen) atoms. The van der Waals surface area contributed by atoms with Gasteiger partial charge in [-0.25, -0.2) is 14.2 Å². The van der Waals surface area contributed by atoms with Crippen molar-refractivity contribution in [2.45, 2.75) is 13.3 Å². The SMILES string of the molecule is Cc1ccc(F)cc1CC(=O)Nc1ccc(C(=O)O)cn1. The van der Waals surface area contributed by atoms with Gasteiger partial charge in [0.25, 0.3) is 0 Å². The number of carboxylic acids is 1. The molecule has 0 fully saturated rings. The second kappa shape index (κ2) is 6.13. The number of nitrogens with one attached hydrogen (secondary N) is 1. The Morgan fingerprint density at radius 2 is 2.05 bits per heavy atom. The summed E-state index contributed by atoms with van der Waals surface area (Å²) in [6, 6.07) is 7.01. The first kappa shape index (κ1) is 14.6. The molecule has 2 rings (SSSR count). The number of aryl methyl sites for hydroxylation is 1. The van der Waals surface area contributed by atoms with Gasteiger partial charge >= 0.3 is 5.97 Å². The number of rotatable bonds is 4. The summed E-state index contributed by atoms with van der Waals surface area (Å²) in [5, 5.41) is 11.3. The minimum atomic E-state index is -1.09. The summed E-state index contributed by atoms with van der Waals surface area (Å²) in [5.74, 6) is -1.58. The maximum Gasteiger partial charge on any atom is 0.337 e. The molecular weight excluding hydrogens is 275 g/mol. The van der Waals surface area contributed by atoms with E-state index >= 15 is 0 Å². The van der Waals surface area contributed by atoms with Gasteiger partial charge in [-0.1, -0.05) is 6.07 Å². The number of aromatic nitrogens is 1. The van der Waals surface area contributed by atoms with Crippen molar-refractivity contribution in [1.82, 2.24) is 4.98 Å². The van der Waals surface area contributed by atoms with E-state index < -0.39 is 11.8 Å². The van der Waals surface area contributed by atoms with Crippen molar-refractivity contribution in [1.29, 1.82) is 0 Å². The van der Waals surface area contributed by atoms with E-state index in [0.29, 0.717) is 5.56 Å². The van der Waals surface area contributed by atoms with Crippen LogP contribution in [0.2, 0.25) is 0 Å². The molecule has 6 heteroatoms. The van der Waals surface area contributed by atoms with E-state index in [1.54, 1.807) is 13.0 Å². The molecule has 108 valence electrons. The van der Waals surface area contributed by atoms with Crippen LogP contribution in [0.5, 0.6) is 0 Å². The van der Waals surface area contributed by atoms with Crippen molar-refractivity contribution in [3.8, 4) is 0 Å². The number of pyridine rings is 1. The van der Waals surface area contributed by atoms with Crippen LogP contribution in [0, 0.1) is 12.7 Å². The highest BCUT2D eigenvalue weighted by Crippen LogP contribution is 2.12. The Labute approximate surface area is 120 Å². The number of carbonyl (C=O) groups excluding carboxylic acids is 1. The van der Waals surface area contributed by atoms with Crippen LogP contribution >= 0.6 is 0 Å². The average molecular weight is 288 g/mol. The molecular formula is C15H13FN2O3.